The fourth-order valence-corrected chi connectivity index (χ4v) is 2.38. The van der Waals surface area contributed by atoms with Crippen molar-refractivity contribution >= 4 is 11.8 Å². The summed E-state index contributed by atoms with van der Waals surface area (Å²) in [6.07, 6.45) is 0.0665. The Bertz CT molecular complexity index is 779. The number of nitrogens with two attached hydrogens (primary N) is 2. The minimum Gasteiger partial charge on any atom is -0.491 e. The van der Waals surface area contributed by atoms with Crippen molar-refractivity contribution in [3.05, 3.63) is 29.3 Å². The van der Waals surface area contributed by atoms with Crippen LogP contribution in [-0.4, -0.2) is 35.1 Å². The molecule has 0 unspecified atom stereocenters. The van der Waals surface area contributed by atoms with E-state index in [-0.39, 0.29) is 23.4 Å². The van der Waals surface area contributed by atoms with E-state index in [9.17, 15) is 5.26 Å². The summed E-state index contributed by atoms with van der Waals surface area (Å²) in [4.78, 5) is 10.1. The Morgan fingerprint density at radius 2 is 1.96 bits per heavy atom. The van der Waals surface area contributed by atoms with Gasteiger partial charge in [-0.15, -0.1) is 0 Å². The van der Waals surface area contributed by atoms with Gasteiger partial charge in [-0.25, -0.2) is 4.98 Å². The topological polar surface area (TPSA) is 114 Å². The Labute approximate surface area is 141 Å². The summed E-state index contributed by atoms with van der Waals surface area (Å²) in [5, 5.41) is 9.36. The quantitative estimate of drug-likeness (QED) is 0.864. The highest BCUT2D eigenvalue weighted by Crippen LogP contribution is 2.30. The lowest BCUT2D eigenvalue weighted by atomic mass is 10.0. The third kappa shape index (κ3) is 3.91. The second-order valence-corrected chi connectivity index (χ2v) is 6.03. The first-order valence-electron chi connectivity index (χ1n) is 7.59. The largest absolute Gasteiger partial charge is 0.491 e. The summed E-state index contributed by atoms with van der Waals surface area (Å²) in [5.41, 5.74) is 13.9. The predicted octanol–water partition coefficient (Wildman–Crippen LogP) is 2.03. The molecular weight excluding hydrogens is 304 g/mol. The number of anilines is 2. The Kier molecular flexibility index (Phi) is 5.21. The molecule has 0 fully saturated rings. The molecule has 0 saturated heterocycles. The number of ether oxygens (including phenoxy) is 1. The maximum absolute atomic E-state index is 9.36. The van der Waals surface area contributed by atoms with Crippen LogP contribution < -0.4 is 16.2 Å². The molecule has 24 heavy (non-hydrogen) atoms. The maximum atomic E-state index is 9.36. The highest BCUT2D eigenvalue weighted by atomic mass is 16.5. The fourth-order valence-electron chi connectivity index (χ4n) is 2.38. The average Bonchev–Trinajstić information content (AvgIpc) is 2.47. The van der Waals surface area contributed by atoms with E-state index in [1.54, 1.807) is 0 Å². The standard InChI is InChI=1S/C17H22N6O/c1-10(2)24-14-6-5-11(7-12(14)9-23(3)4)15-13(8-18)16(19)22-17(20)21-15/h5-7,10H,9H2,1-4H3,(H4,19,20,21,22). The van der Waals surface area contributed by atoms with Crippen molar-refractivity contribution in [3.63, 3.8) is 0 Å². The molecule has 0 aliphatic rings. The highest BCUT2D eigenvalue weighted by molar-refractivity contribution is 5.74. The van der Waals surface area contributed by atoms with E-state index in [2.05, 4.69) is 9.97 Å². The zero-order valence-electron chi connectivity index (χ0n) is 14.4. The molecule has 4 N–H and O–H groups in total. The van der Waals surface area contributed by atoms with Crippen molar-refractivity contribution in [2.75, 3.05) is 25.6 Å². The third-order valence-electron chi connectivity index (χ3n) is 3.25. The van der Waals surface area contributed by atoms with E-state index in [1.165, 1.54) is 0 Å². The number of benzene rings is 1. The summed E-state index contributed by atoms with van der Waals surface area (Å²) in [6, 6.07) is 7.72. The number of hydrogen-bond donors (Lipinski definition) is 2. The predicted molar refractivity (Wildman–Crippen MR) is 94.2 cm³/mol. The molecule has 1 heterocycles. The third-order valence-corrected chi connectivity index (χ3v) is 3.25. The van der Waals surface area contributed by atoms with Gasteiger partial charge in [-0.3, -0.25) is 0 Å². The molecule has 1 aromatic heterocycles. The zero-order chi connectivity index (χ0) is 17.9. The van der Waals surface area contributed by atoms with Gasteiger partial charge in [0.1, 0.15) is 23.2 Å². The smallest absolute Gasteiger partial charge is 0.222 e. The molecule has 0 bridgehead atoms. The first-order chi connectivity index (χ1) is 11.3. The van der Waals surface area contributed by atoms with Crippen LogP contribution >= 0.6 is 0 Å². The molecule has 1 aromatic carbocycles. The van der Waals surface area contributed by atoms with Crippen molar-refractivity contribution in [3.8, 4) is 23.1 Å². The second-order valence-electron chi connectivity index (χ2n) is 6.03. The molecule has 0 aliphatic heterocycles. The van der Waals surface area contributed by atoms with Gasteiger partial charge in [0, 0.05) is 17.7 Å². The molecule has 2 aromatic rings. The van der Waals surface area contributed by atoms with Crippen LogP contribution in [0.15, 0.2) is 18.2 Å². The summed E-state index contributed by atoms with van der Waals surface area (Å²) in [5.74, 6) is 0.922. The molecule has 0 saturated carbocycles. The fraction of sp³-hybridized carbons (Fsp3) is 0.353. The first kappa shape index (κ1) is 17.5. The van der Waals surface area contributed by atoms with Crippen molar-refractivity contribution in [2.45, 2.75) is 26.5 Å². The van der Waals surface area contributed by atoms with Crippen LogP contribution in [0.3, 0.4) is 0 Å². The SMILES string of the molecule is CC(C)Oc1ccc(-c2nc(N)nc(N)c2C#N)cc1CN(C)C. The number of hydrogen-bond acceptors (Lipinski definition) is 7. The van der Waals surface area contributed by atoms with Gasteiger partial charge in [-0.1, -0.05) is 0 Å². The normalized spacial score (nSPS) is 10.9. The number of aromatic nitrogens is 2. The molecular formula is C17H22N6O. The van der Waals surface area contributed by atoms with Crippen LogP contribution in [0.2, 0.25) is 0 Å². The summed E-state index contributed by atoms with van der Waals surface area (Å²) < 4.78 is 5.87. The first-order valence-corrected chi connectivity index (χ1v) is 7.59. The highest BCUT2D eigenvalue weighted by Gasteiger charge is 2.16. The van der Waals surface area contributed by atoms with E-state index in [1.807, 2.05) is 57.1 Å². The van der Waals surface area contributed by atoms with Crippen LogP contribution in [0.25, 0.3) is 11.3 Å². The van der Waals surface area contributed by atoms with E-state index in [0.29, 0.717) is 12.2 Å². The van der Waals surface area contributed by atoms with Gasteiger partial charge in [0.15, 0.2) is 0 Å². The van der Waals surface area contributed by atoms with E-state index in [0.717, 1.165) is 16.9 Å². The van der Waals surface area contributed by atoms with Crippen LogP contribution in [0.5, 0.6) is 5.75 Å². The van der Waals surface area contributed by atoms with Crippen molar-refractivity contribution in [1.82, 2.24) is 14.9 Å². The lowest BCUT2D eigenvalue weighted by Crippen LogP contribution is -2.14. The number of nitrogen functional groups attached to an aromatic ring is 2. The summed E-state index contributed by atoms with van der Waals surface area (Å²) in [7, 11) is 3.96. The van der Waals surface area contributed by atoms with Crippen LogP contribution in [0, 0.1) is 11.3 Å². The van der Waals surface area contributed by atoms with Gasteiger partial charge in [0.05, 0.1) is 11.8 Å². The van der Waals surface area contributed by atoms with Gasteiger partial charge >= 0.3 is 0 Å². The molecule has 7 nitrogen and oxygen atoms in total. The molecule has 126 valence electrons. The second kappa shape index (κ2) is 7.15. The maximum Gasteiger partial charge on any atom is 0.222 e. The monoisotopic (exact) mass is 326 g/mol. The summed E-state index contributed by atoms with van der Waals surface area (Å²) in [6.45, 7) is 4.65. The van der Waals surface area contributed by atoms with Crippen LogP contribution in [0.1, 0.15) is 25.0 Å². The average molecular weight is 326 g/mol. The van der Waals surface area contributed by atoms with Gasteiger partial charge < -0.3 is 21.1 Å². The molecule has 2 rings (SSSR count). The molecule has 0 amide bonds. The molecule has 0 atom stereocenters. The van der Waals surface area contributed by atoms with Crippen LogP contribution in [-0.2, 0) is 6.54 Å². The zero-order valence-corrected chi connectivity index (χ0v) is 14.4. The van der Waals surface area contributed by atoms with E-state index in [4.69, 9.17) is 16.2 Å². The van der Waals surface area contributed by atoms with Crippen molar-refractivity contribution in [1.29, 1.82) is 5.26 Å². The molecule has 0 aliphatic carbocycles. The van der Waals surface area contributed by atoms with E-state index < -0.39 is 0 Å². The molecule has 0 radical (unpaired) electrons. The minimum absolute atomic E-state index is 0.0400. The number of rotatable bonds is 5. The molecule has 7 heteroatoms. The Morgan fingerprint density at radius 1 is 1.25 bits per heavy atom. The lowest BCUT2D eigenvalue weighted by molar-refractivity contribution is 0.236. The van der Waals surface area contributed by atoms with Gasteiger partial charge in [0.25, 0.3) is 0 Å². The van der Waals surface area contributed by atoms with Gasteiger partial charge in [-0.05, 0) is 46.1 Å². The Morgan fingerprint density at radius 3 is 2.54 bits per heavy atom. The lowest BCUT2D eigenvalue weighted by Gasteiger charge is -2.18. The van der Waals surface area contributed by atoms with Gasteiger partial charge in [0.2, 0.25) is 5.95 Å². The minimum atomic E-state index is 0.0400. The summed E-state index contributed by atoms with van der Waals surface area (Å²) >= 11 is 0. The number of nitrogens with zero attached hydrogens (tertiary/aromatic N) is 4. The Balaban J connectivity index is 2.58. The van der Waals surface area contributed by atoms with Crippen LogP contribution in [0.4, 0.5) is 11.8 Å². The molecule has 0 spiro atoms. The van der Waals surface area contributed by atoms with E-state index >= 15 is 0 Å². The van der Waals surface area contributed by atoms with Gasteiger partial charge in [-0.2, -0.15) is 10.2 Å². The Hall–Kier alpha value is -2.85. The van der Waals surface area contributed by atoms with Crippen molar-refractivity contribution in [2.24, 2.45) is 0 Å². The van der Waals surface area contributed by atoms with Crippen molar-refractivity contribution < 1.29 is 4.74 Å². The number of nitriles is 1.